The molecule has 3 aromatic rings. The number of carbonyl (C=O) groups is 2. The number of aryl methyl sites for hydroxylation is 1. The van der Waals surface area contributed by atoms with Crippen LogP contribution in [0, 0.1) is 11.3 Å². The molecule has 3 N–H and O–H groups in total. The molecule has 8 heteroatoms. The molecule has 0 aliphatic heterocycles. The van der Waals surface area contributed by atoms with Gasteiger partial charge in [0.15, 0.2) is 0 Å². The van der Waals surface area contributed by atoms with E-state index in [1.807, 2.05) is 24.3 Å². The molecule has 0 atom stereocenters. The predicted molar refractivity (Wildman–Crippen MR) is 108 cm³/mol. The Balaban J connectivity index is 1.42. The lowest BCUT2D eigenvalue weighted by molar-refractivity contribution is -0.136. The van der Waals surface area contributed by atoms with E-state index in [1.165, 1.54) is 17.6 Å². The number of hydrazone groups is 1. The Bertz CT molecular complexity index is 1140. The van der Waals surface area contributed by atoms with Gasteiger partial charge in [0.05, 0.1) is 11.8 Å². The van der Waals surface area contributed by atoms with Gasteiger partial charge in [-0.15, -0.1) is 11.3 Å². The number of nitriles is 1. The van der Waals surface area contributed by atoms with Crippen molar-refractivity contribution in [2.45, 2.75) is 25.7 Å². The summed E-state index contributed by atoms with van der Waals surface area (Å²) in [5, 5.41) is 17.3. The lowest BCUT2D eigenvalue weighted by Gasteiger charge is -2.09. The van der Waals surface area contributed by atoms with E-state index in [4.69, 9.17) is 0 Å². The molecular weight excluding hydrogens is 374 g/mol. The number of benzene rings is 1. The van der Waals surface area contributed by atoms with Crippen LogP contribution in [0.1, 0.15) is 34.4 Å². The molecule has 4 rings (SSSR count). The van der Waals surface area contributed by atoms with Gasteiger partial charge in [0.1, 0.15) is 11.1 Å². The van der Waals surface area contributed by atoms with Crippen LogP contribution in [-0.4, -0.2) is 23.0 Å². The van der Waals surface area contributed by atoms with Gasteiger partial charge in [0.25, 0.3) is 0 Å². The summed E-state index contributed by atoms with van der Waals surface area (Å²) in [6.07, 6.45) is 7.12. The number of thiophene rings is 1. The first kappa shape index (κ1) is 17.9. The van der Waals surface area contributed by atoms with E-state index in [9.17, 15) is 14.9 Å². The number of amides is 2. The number of rotatable bonds is 3. The number of carbonyl (C=O) groups excluding carboxylic acids is 2. The Labute approximate surface area is 165 Å². The zero-order chi connectivity index (χ0) is 19.5. The SMILES string of the molecule is N#Cc1c(NC(=O)C(=O)N/N=C\c2c[nH]c3ccccc23)sc2c1CCCC2. The summed E-state index contributed by atoms with van der Waals surface area (Å²) >= 11 is 1.38. The van der Waals surface area contributed by atoms with Gasteiger partial charge < -0.3 is 10.3 Å². The predicted octanol–water partition coefficient (Wildman–Crippen LogP) is 3.07. The molecule has 1 aromatic carbocycles. The van der Waals surface area contributed by atoms with Crippen molar-refractivity contribution >= 4 is 45.3 Å². The summed E-state index contributed by atoms with van der Waals surface area (Å²) in [5.41, 5.74) is 5.47. The van der Waals surface area contributed by atoms with Crippen LogP contribution >= 0.6 is 11.3 Å². The lowest BCUT2D eigenvalue weighted by Crippen LogP contribution is -2.32. The second-order valence-corrected chi connectivity index (χ2v) is 7.57. The first-order valence-electron chi connectivity index (χ1n) is 8.92. The third-order valence-electron chi connectivity index (χ3n) is 4.71. The molecule has 28 heavy (non-hydrogen) atoms. The molecule has 1 aliphatic carbocycles. The minimum absolute atomic E-state index is 0.440. The number of para-hydroxylation sites is 1. The first-order chi connectivity index (χ1) is 13.7. The standard InChI is InChI=1S/C20H17N5O2S/c21-9-15-14-6-2-4-8-17(14)28-20(15)24-18(26)19(27)25-23-11-12-10-22-16-7-3-1-5-13(12)16/h1,3,5,7,10-11,22H,2,4,6,8H2,(H,24,26)(H,25,27)/b23-11-. The third-order valence-corrected chi connectivity index (χ3v) is 5.91. The molecule has 0 unspecified atom stereocenters. The molecule has 0 saturated heterocycles. The molecular formula is C20H17N5O2S. The maximum atomic E-state index is 12.2. The fourth-order valence-electron chi connectivity index (χ4n) is 3.34. The minimum atomic E-state index is -0.883. The van der Waals surface area contributed by atoms with Crippen LogP contribution in [0.15, 0.2) is 35.6 Å². The molecule has 7 nitrogen and oxygen atoms in total. The molecule has 0 radical (unpaired) electrons. The van der Waals surface area contributed by atoms with Crippen LogP contribution in [0.2, 0.25) is 0 Å². The Kier molecular flexibility index (Phi) is 4.91. The van der Waals surface area contributed by atoms with Crippen LogP contribution in [0.5, 0.6) is 0 Å². The smallest absolute Gasteiger partial charge is 0.329 e. The Morgan fingerprint density at radius 1 is 1.21 bits per heavy atom. The lowest BCUT2D eigenvalue weighted by atomic mass is 9.96. The topological polar surface area (TPSA) is 110 Å². The van der Waals surface area contributed by atoms with E-state index >= 15 is 0 Å². The molecule has 2 amide bonds. The van der Waals surface area contributed by atoms with Crippen molar-refractivity contribution in [1.29, 1.82) is 5.26 Å². The van der Waals surface area contributed by atoms with E-state index in [-0.39, 0.29) is 0 Å². The Morgan fingerprint density at radius 2 is 2.04 bits per heavy atom. The number of anilines is 1. The summed E-state index contributed by atoms with van der Waals surface area (Å²) in [6, 6.07) is 9.86. The summed E-state index contributed by atoms with van der Waals surface area (Å²) in [5.74, 6) is -1.72. The Morgan fingerprint density at radius 3 is 2.89 bits per heavy atom. The van der Waals surface area contributed by atoms with Crippen LogP contribution < -0.4 is 10.7 Å². The monoisotopic (exact) mass is 391 g/mol. The van der Waals surface area contributed by atoms with E-state index in [0.717, 1.165) is 52.6 Å². The van der Waals surface area contributed by atoms with Crippen LogP contribution in [-0.2, 0) is 22.4 Å². The number of hydrogen-bond acceptors (Lipinski definition) is 5. The number of aromatic amines is 1. The van der Waals surface area contributed by atoms with Crippen molar-refractivity contribution in [2.24, 2.45) is 5.10 Å². The molecule has 140 valence electrons. The maximum absolute atomic E-state index is 12.2. The fourth-order valence-corrected chi connectivity index (χ4v) is 4.58. The van der Waals surface area contributed by atoms with Gasteiger partial charge in [-0.3, -0.25) is 9.59 Å². The maximum Gasteiger partial charge on any atom is 0.329 e. The quantitative estimate of drug-likeness (QED) is 0.362. The zero-order valence-corrected chi connectivity index (χ0v) is 15.7. The van der Waals surface area contributed by atoms with Crippen molar-refractivity contribution in [1.82, 2.24) is 10.4 Å². The molecule has 0 spiro atoms. The third kappa shape index (κ3) is 3.40. The second kappa shape index (κ2) is 7.66. The zero-order valence-electron chi connectivity index (χ0n) is 14.9. The number of nitrogens with zero attached hydrogens (tertiary/aromatic N) is 2. The van der Waals surface area contributed by atoms with E-state index in [0.29, 0.717) is 10.6 Å². The highest BCUT2D eigenvalue weighted by atomic mass is 32.1. The van der Waals surface area contributed by atoms with Crippen molar-refractivity contribution in [3.63, 3.8) is 0 Å². The highest BCUT2D eigenvalue weighted by Gasteiger charge is 2.23. The van der Waals surface area contributed by atoms with Gasteiger partial charge >= 0.3 is 11.8 Å². The molecule has 2 heterocycles. The number of H-pyrrole nitrogens is 1. The number of nitrogens with one attached hydrogen (secondary N) is 3. The number of fused-ring (bicyclic) bond motifs is 2. The Hall–Kier alpha value is -3.44. The van der Waals surface area contributed by atoms with E-state index in [1.54, 1.807) is 6.20 Å². The van der Waals surface area contributed by atoms with Crippen molar-refractivity contribution < 1.29 is 9.59 Å². The van der Waals surface area contributed by atoms with Gasteiger partial charge in [-0.1, -0.05) is 18.2 Å². The van der Waals surface area contributed by atoms with Crippen molar-refractivity contribution in [3.05, 3.63) is 52.0 Å². The molecule has 0 fully saturated rings. The number of aromatic nitrogens is 1. The summed E-state index contributed by atoms with van der Waals surface area (Å²) in [4.78, 5) is 28.5. The minimum Gasteiger partial charge on any atom is -0.361 e. The largest absolute Gasteiger partial charge is 0.361 e. The first-order valence-corrected chi connectivity index (χ1v) is 9.74. The molecule has 0 saturated carbocycles. The number of hydrogen-bond donors (Lipinski definition) is 3. The van der Waals surface area contributed by atoms with Gasteiger partial charge in [0, 0.05) is 27.5 Å². The average Bonchev–Trinajstić information content (AvgIpc) is 3.28. The second-order valence-electron chi connectivity index (χ2n) is 6.47. The van der Waals surface area contributed by atoms with E-state index in [2.05, 4.69) is 26.9 Å². The normalized spacial score (nSPS) is 13.2. The van der Waals surface area contributed by atoms with Gasteiger partial charge in [-0.05, 0) is 37.3 Å². The summed E-state index contributed by atoms with van der Waals surface area (Å²) in [7, 11) is 0. The van der Waals surface area contributed by atoms with Crippen molar-refractivity contribution in [2.75, 3.05) is 5.32 Å². The summed E-state index contributed by atoms with van der Waals surface area (Å²) < 4.78 is 0. The molecule has 2 aromatic heterocycles. The average molecular weight is 391 g/mol. The van der Waals surface area contributed by atoms with Crippen molar-refractivity contribution in [3.8, 4) is 6.07 Å². The fraction of sp³-hybridized carbons (Fsp3) is 0.200. The highest BCUT2D eigenvalue weighted by molar-refractivity contribution is 7.16. The van der Waals surface area contributed by atoms with Crippen LogP contribution in [0.25, 0.3) is 10.9 Å². The summed E-state index contributed by atoms with van der Waals surface area (Å²) in [6.45, 7) is 0. The van der Waals surface area contributed by atoms with Crippen LogP contribution in [0.3, 0.4) is 0 Å². The van der Waals surface area contributed by atoms with Gasteiger partial charge in [0.2, 0.25) is 0 Å². The van der Waals surface area contributed by atoms with Crippen LogP contribution in [0.4, 0.5) is 5.00 Å². The molecule has 0 bridgehead atoms. The van der Waals surface area contributed by atoms with E-state index < -0.39 is 11.8 Å². The molecule has 1 aliphatic rings. The van der Waals surface area contributed by atoms with Gasteiger partial charge in [-0.25, -0.2) is 5.43 Å². The highest BCUT2D eigenvalue weighted by Crippen LogP contribution is 2.37. The van der Waals surface area contributed by atoms with Gasteiger partial charge in [-0.2, -0.15) is 10.4 Å².